The van der Waals surface area contributed by atoms with Gasteiger partial charge in [0.2, 0.25) is 0 Å². The van der Waals surface area contributed by atoms with Crippen LogP contribution in [-0.2, 0) is 0 Å². The third kappa shape index (κ3) is 6.45. The van der Waals surface area contributed by atoms with Gasteiger partial charge in [-0.05, 0) is 25.7 Å². The van der Waals surface area contributed by atoms with Gasteiger partial charge in [0, 0.05) is 0 Å². The Morgan fingerprint density at radius 2 is 1.67 bits per heavy atom. The lowest BCUT2D eigenvalue weighted by atomic mass is 10.0. The van der Waals surface area contributed by atoms with Crippen molar-refractivity contribution in [3.05, 3.63) is 11.6 Å². The van der Waals surface area contributed by atoms with Crippen molar-refractivity contribution in [2.24, 2.45) is 0 Å². The lowest BCUT2D eigenvalue weighted by molar-refractivity contribution is 0.735. The van der Waals surface area contributed by atoms with Gasteiger partial charge in [-0.15, -0.1) is 0 Å². The summed E-state index contributed by atoms with van der Waals surface area (Å²) in [6, 6.07) is 0. The molecule has 0 amide bonds. The highest BCUT2D eigenvalue weighted by Gasteiger charge is 1.94. The maximum atomic E-state index is 2.46. The van der Waals surface area contributed by atoms with Gasteiger partial charge in [-0.1, -0.05) is 51.7 Å². The van der Waals surface area contributed by atoms with E-state index in [0.717, 1.165) is 0 Å². The lowest BCUT2D eigenvalue weighted by Gasteiger charge is -2.04. The average molecular weight is 168 g/mol. The highest BCUT2D eigenvalue weighted by Crippen LogP contribution is 2.14. The number of unbranched alkanes of at least 4 members (excludes halogenated alkanes) is 2. The van der Waals surface area contributed by atoms with E-state index in [4.69, 9.17) is 0 Å². The molecule has 0 unspecified atom stereocenters. The molecule has 0 fully saturated rings. The monoisotopic (exact) mass is 168 g/mol. The van der Waals surface area contributed by atoms with Crippen molar-refractivity contribution in [1.82, 2.24) is 0 Å². The number of hydrogen-bond acceptors (Lipinski definition) is 0. The van der Waals surface area contributed by atoms with E-state index in [1.54, 1.807) is 5.57 Å². The van der Waals surface area contributed by atoms with Crippen LogP contribution < -0.4 is 0 Å². The van der Waals surface area contributed by atoms with Gasteiger partial charge in [0.1, 0.15) is 0 Å². The zero-order valence-electron chi connectivity index (χ0n) is 9.03. The molecule has 0 heteroatoms. The predicted molar refractivity (Wildman–Crippen MR) is 57.4 cm³/mol. The van der Waals surface area contributed by atoms with Crippen molar-refractivity contribution in [3.8, 4) is 0 Å². The molecule has 0 aliphatic rings. The molecule has 12 heavy (non-hydrogen) atoms. The summed E-state index contributed by atoms with van der Waals surface area (Å²) in [4.78, 5) is 0. The Bertz CT molecular complexity index is 111. The number of hydrogen-bond donors (Lipinski definition) is 0. The molecule has 0 aromatic heterocycles. The van der Waals surface area contributed by atoms with E-state index in [1.807, 2.05) is 0 Å². The summed E-state index contributed by atoms with van der Waals surface area (Å²) < 4.78 is 0. The molecule has 0 radical (unpaired) electrons. The molecule has 0 spiro atoms. The van der Waals surface area contributed by atoms with Crippen LogP contribution in [0.2, 0.25) is 0 Å². The molecule has 0 aromatic carbocycles. The molecule has 0 aliphatic carbocycles. The Labute approximate surface area is 78.1 Å². The fourth-order valence-corrected chi connectivity index (χ4v) is 1.40. The molecule has 72 valence electrons. The summed E-state index contributed by atoms with van der Waals surface area (Å²) in [5.41, 5.74) is 1.70. The lowest BCUT2D eigenvalue weighted by Crippen LogP contribution is -1.84. The van der Waals surface area contributed by atoms with E-state index < -0.39 is 0 Å². The Morgan fingerprint density at radius 3 is 2.17 bits per heavy atom. The van der Waals surface area contributed by atoms with Crippen LogP contribution in [0.3, 0.4) is 0 Å². The highest BCUT2D eigenvalue weighted by molar-refractivity contribution is 5.01. The molecule has 0 nitrogen and oxygen atoms in total. The Morgan fingerprint density at radius 1 is 0.917 bits per heavy atom. The molecule has 0 heterocycles. The Kier molecular flexibility index (Phi) is 8.64. The second-order valence-electron chi connectivity index (χ2n) is 3.50. The molecule has 0 atom stereocenters. The van der Waals surface area contributed by atoms with Crippen molar-refractivity contribution in [2.75, 3.05) is 0 Å². The first-order chi connectivity index (χ1) is 5.85. The normalized spacial score (nSPS) is 12.1. The third-order valence-corrected chi connectivity index (χ3v) is 2.14. The average Bonchev–Trinajstić information content (AvgIpc) is 2.10. The van der Waals surface area contributed by atoms with Crippen LogP contribution in [0, 0.1) is 0 Å². The number of allylic oxidation sites excluding steroid dienone is 2. The summed E-state index contributed by atoms with van der Waals surface area (Å²) >= 11 is 0. The van der Waals surface area contributed by atoms with Crippen LogP contribution in [0.1, 0.15) is 65.7 Å². The fourth-order valence-electron chi connectivity index (χ4n) is 1.40. The Hall–Kier alpha value is -0.260. The summed E-state index contributed by atoms with van der Waals surface area (Å²) in [6.07, 6.45) is 11.7. The second kappa shape index (κ2) is 8.83. The van der Waals surface area contributed by atoms with Crippen LogP contribution in [0.5, 0.6) is 0 Å². The van der Waals surface area contributed by atoms with E-state index in [1.165, 1.54) is 44.9 Å². The van der Waals surface area contributed by atoms with Gasteiger partial charge < -0.3 is 0 Å². The minimum Gasteiger partial charge on any atom is -0.0853 e. The largest absolute Gasteiger partial charge is 0.0853 e. The maximum Gasteiger partial charge on any atom is -0.0320 e. The van der Waals surface area contributed by atoms with Crippen LogP contribution >= 0.6 is 0 Å². The van der Waals surface area contributed by atoms with Crippen molar-refractivity contribution in [1.29, 1.82) is 0 Å². The summed E-state index contributed by atoms with van der Waals surface area (Å²) in [5, 5.41) is 0. The first-order valence-electron chi connectivity index (χ1n) is 5.53. The van der Waals surface area contributed by atoms with E-state index in [9.17, 15) is 0 Å². The van der Waals surface area contributed by atoms with E-state index >= 15 is 0 Å². The van der Waals surface area contributed by atoms with E-state index in [2.05, 4.69) is 26.8 Å². The van der Waals surface area contributed by atoms with E-state index in [-0.39, 0.29) is 0 Å². The van der Waals surface area contributed by atoms with Gasteiger partial charge in [-0.3, -0.25) is 0 Å². The minimum atomic E-state index is 1.28. The van der Waals surface area contributed by atoms with Gasteiger partial charge in [-0.2, -0.15) is 0 Å². The molecular formula is C12H24. The van der Waals surface area contributed by atoms with Gasteiger partial charge >= 0.3 is 0 Å². The second-order valence-corrected chi connectivity index (χ2v) is 3.50. The van der Waals surface area contributed by atoms with Gasteiger partial charge in [-0.25, -0.2) is 0 Å². The molecule has 0 rings (SSSR count). The quantitative estimate of drug-likeness (QED) is 0.483. The molecule has 0 saturated carbocycles. The van der Waals surface area contributed by atoms with Crippen LogP contribution in [-0.4, -0.2) is 0 Å². The molecular weight excluding hydrogens is 144 g/mol. The third-order valence-electron chi connectivity index (χ3n) is 2.14. The molecule has 0 bridgehead atoms. The van der Waals surface area contributed by atoms with Crippen LogP contribution in [0.15, 0.2) is 11.6 Å². The molecule has 0 saturated heterocycles. The topological polar surface area (TPSA) is 0 Å². The smallest absolute Gasteiger partial charge is 0.0320 e. The standard InChI is InChI=1S/C12H24/c1-4-7-10-12(9-6-3)11-8-5-2/h10H,4-9,11H2,1-3H3. The Balaban J connectivity index is 3.68. The van der Waals surface area contributed by atoms with Crippen LogP contribution in [0.25, 0.3) is 0 Å². The fraction of sp³-hybridized carbons (Fsp3) is 0.833. The van der Waals surface area contributed by atoms with Gasteiger partial charge in [0.25, 0.3) is 0 Å². The first-order valence-corrected chi connectivity index (χ1v) is 5.53. The summed E-state index contributed by atoms with van der Waals surface area (Å²) in [7, 11) is 0. The zero-order chi connectivity index (χ0) is 9.23. The maximum absolute atomic E-state index is 2.46. The molecule has 0 N–H and O–H groups in total. The van der Waals surface area contributed by atoms with Crippen molar-refractivity contribution < 1.29 is 0 Å². The van der Waals surface area contributed by atoms with Crippen molar-refractivity contribution in [3.63, 3.8) is 0 Å². The molecule has 0 aromatic rings. The predicted octanol–water partition coefficient (Wildman–Crippen LogP) is 4.70. The van der Waals surface area contributed by atoms with Crippen LogP contribution in [0.4, 0.5) is 0 Å². The van der Waals surface area contributed by atoms with Crippen molar-refractivity contribution in [2.45, 2.75) is 65.7 Å². The van der Waals surface area contributed by atoms with Gasteiger partial charge in [0.15, 0.2) is 0 Å². The highest BCUT2D eigenvalue weighted by atomic mass is 14.0. The summed E-state index contributed by atoms with van der Waals surface area (Å²) in [5.74, 6) is 0. The SMILES string of the molecule is CCCC=C(CCC)CCCC. The van der Waals surface area contributed by atoms with Crippen molar-refractivity contribution >= 4 is 0 Å². The van der Waals surface area contributed by atoms with E-state index in [0.29, 0.717) is 0 Å². The first kappa shape index (κ1) is 11.7. The minimum absolute atomic E-state index is 1.28. The summed E-state index contributed by atoms with van der Waals surface area (Å²) in [6.45, 7) is 6.79. The van der Waals surface area contributed by atoms with Gasteiger partial charge in [0.05, 0.1) is 0 Å². The number of rotatable bonds is 7. The molecule has 0 aliphatic heterocycles. The zero-order valence-corrected chi connectivity index (χ0v) is 9.03.